The zero-order valence-corrected chi connectivity index (χ0v) is 14.5. The Morgan fingerprint density at radius 1 is 1.36 bits per heavy atom. The van der Waals surface area contributed by atoms with Crippen LogP contribution < -0.4 is 11.2 Å². The molecule has 2 heterocycles. The molecule has 130 valence electrons. The molecular formula is C16H16N4O4S. The highest BCUT2D eigenvalue weighted by Crippen LogP contribution is 2.23. The monoisotopic (exact) mass is 360 g/mol. The second kappa shape index (κ2) is 6.60. The first-order valence-electron chi connectivity index (χ1n) is 7.46. The van der Waals surface area contributed by atoms with Gasteiger partial charge in [0.25, 0.3) is 5.56 Å². The summed E-state index contributed by atoms with van der Waals surface area (Å²) in [6.07, 6.45) is 0. The van der Waals surface area contributed by atoms with E-state index in [4.69, 9.17) is 5.11 Å². The third-order valence-electron chi connectivity index (χ3n) is 3.72. The number of imidazole rings is 1. The van der Waals surface area contributed by atoms with Crippen LogP contribution in [-0.4, -0.2) is 35.9 Å². The number of thioether (sulfide) groups is 1. The molecule has 0 aliphatic carbocycles. The lowest BCUT2D eigenvalue weighted by atomic mass is 10.1. The van der Waals surface area contributed by atoms with Crippen LogP contribution in [0.2, 0.25) is 0 Å². The molecule has 0 fully saturated rings. The van der Waals surface area contributed by atoms with Gasteiger partial charge in [0, 0.05) is 7.05 Å². The number of carbonyl (C=O) groups is 1. The summed E-state index contributed by atoms with van der Waals surface area (Å²) in [6.45, 7) is 2.31. The van der Waals surface area contributed by atoms with E-state index in [0.29, 0.717) is 11.7 Å². The predicted molar refractivity (Wildman–Crippen MR) is 94.2 cm³/mol. The number of aryl methyl sites for hydroxylation is 2. The molecule has 0 spiro atoms. The summed E-state index contributed by atoms with van der Waals surface area (Å²) in [5.41, 5.74) is 1.39. The minimum absolute atomic E-state index is 0.191. The van der Waals surface area contributed by atoms with Gasteiger partial charge in [-0.3, -0.25) is 19.1 Å². The van der Waals surface area contributed by atoms with Gasteiger partial charge < -0.3 is 9.67 Å². The third kappa shape index (κ3) is 3.36. The number of aromatic nitrogens is 4. The lowest BCUT2D eigenvalue weighted by Gasteiger charge is -2.08. The van der Waals surface area contributed by atoms with Crippen molar-refractivity contribution >= 4 is 28.9 Å². The molecule has 0 saturated carbocycles. The number of carboxylic acids is 1. The molecule has 0 unspecified atom stereocenters. The fourth-order valence-corrected chi connectivity index (χ4v) is 3.31. The highest BCUT2D eigenvalue weighted by Gasteiger charge is 2.18. The van der Waals surface area contributed by atoms with Crippen LogP contribution in [0.4, 0.5) is 0 Å². The average Bonchev–Trinajstić information content (AvgIpc) is 2.90. The summed E-state index contributed by atoms with van der Waals surface area (Å²) in [5, 5.41) is 9.32. The maximum atomic E-state index is 12.3. The van der Waals surface area contributed by atoms with E-state index in [2.05, 4.69) is 9.97 Å². The Bertz CT molecular complexity index is 1080. The number of aliphatic carboxylic acids is 1. The molecule has 0 radical (unpaired) electrons. The van der Waals surface area contributed by atoms with E-state index in [1.807, 2.05) is 31.2 Å². The fourth-order valence-electron chi connectivity index (χ4n) is 2.59. The number of carboxylic acid groups (broad SMARTS) is 1. The van der Waals surface area contributed by atoms with Crippen molar-refractivity contribution < 1.29 is 9.90 Å². The molecule has 3 rings (SSSR count). The maximum Gasteiger partial charge on any atom is 0.329 e. The number of fused-ring (bicyclic) bond motifs is 1. The smallest absolute Gasteiger partial charge is 0.329 e. The molecule has 0 aliphatic rings. The molecule has 8 nitrogen and oxygen atoms in total. The van der Waals surface area contributed by atoms with Gasteiger partial charge in [-0.1, -0.05) is 41.6 Å². The van der Waals surface area contributed by atoms with Crippen molar-refractivity contribution in [3.8, 4) is 0 Å². The molecule has 25 heavy (non-hydrogen) atoms. The highest BCUT2D eigenvalue weighted by molar-refractivity contribution is 7.99. The number of benzene rings is 1. The first kappa shape index (κ1) is 17.0. The molecule has 0 amide bonds. The van der Waals surface area contributed by atoms with Crippen molar-refractivity contribution in [3.05, 3.63) is 56.2 Å². The molecule has 0 aliphatic heterocycles. The molecule has 0 atom stereocenters. The quantitative estimate of drug-likeness (QED) is 0.656. The second-order valence-electron chi connectivity index (χ2n) is 5.64. The number of hydrogen-bond acceptors (Lipinski definition) is 5. The first-order valence-corrected chi connectivity index (χ1v) is 8.45. The van der Waals surface area contributed by atoms with Crippen LogP contribution in [0.3, 0.4) is 0 Å². The normalized spacial score (nSPS) is 11.1. The minimum atomic E-state index is -0.984. The van der Waals surface area contributed by atoms with E-state index < -0.39 is 17.2 Å². The van der Waals surface area contributed by atoms with Crippen LogP contribution >= 0.6 is 11.8 Å². The van der Waals surface area contributed by atoms with Gasteiger partial charge in [0.15, 0.2) is 16.3 Å². The summed E-state index contributed by atoms with van der Waals surface area (Å²) in [7, 11) is 1.51. The van der Waals surface area contributed by atoms with E-state index in [1.165, 1.54) is 11.6 Å². The number of nitrogens with one attached hydrogen (secondary N) is 1. The van der Waals surface area contributed by atoms with Gasteiger partial charge in [0.1, 0.15) is 0 Å². The van der Waals surface area contributed by atoms with Gasteiger partial charge in [-0.05, 0) is 12.5 Å². The molecule has 0 bridgehead atoms. The van der Waals surface area contributed by atoms with Crippen molar-refractivity contribution in [3.63, 3.8) is 0 Å². The van der Waals surface area contributed by atoms with E-state index in [0.717, 1.165) is 22.9 Å². The maximum absolute atomic E-state index is 12.3. The Morgan fingerprint density at radius 3 is 2.80 bits per heavy atom. The molecule has 0 saturated heterocycles. The van der Waals surface area contributed by atoms with E-state index in [1.54, 1.807) is 4.57 Å². The summed E-state index contributed by atoms with van der Waals surface area (Å²) >= 11 is 1.01. The SMILES string of the molecule is Cc1cccc(Cn2c(SCC(=O)O)nc3c2c(=O)[nH]c(=O)n3C)c1. The summed E-state index contributed by atoms with van der Waals surface area (Å²) in [5.74, 6) is -1.18. The molecular weight excluding hydrogens is 344 g/mol. The highest BCUT2D eigenvalue weighted by atomic mass is 32.2. The molecule has 3 aromatic rings. The average molecular weight is 360 g/mol. The Balaban J connectivity index is 2.20. The minimum Gasteiger partial charge on any atom is -0.481 e. The number of hydrogen-bond donors (Lipinski definition) is 2. The Labute approximate surface area is 146 Å². The standard InChI is InChI=1S/C16H16N4O4S/c1-9-4-3-5-10(6-9)7-20-12-13(17-16(20)25-8-11(21)22)19(2)15(24)18-14(12)23/h3-6H,7-8H2,1-2H3,(H,21,22)(H,18,23,24). The van der Waals surface area contributed by atoms with Crippen LogP contribution in [0.5, 0.6) is 0 Å². The zero-order chi connectivity index (χ0) is 18.1. The lowest BCUT2D eigenvalue weighted by molar-refractivity contribution is -0.133. The number of rotatable bonds is 5. The number of nitrogens with zero attached hydrogens (tertiary/aromatic N) is 3. The summed E-state index contributed by atoms with van der Waals surface area (Å²) in [4.78, 5) is 41.6. The number of H-pyrrole nitrogens is 1. The van der Waals surface area contributed by atoms with E-state index in [-0.39, 0.29) is 16.9 Å². The van der Waals surface area contributed by atoms with E-state index in [9.17, 15) is 14.4 Å². The zero-order valence-electron chi connectivity index (χ0n) is 13.6. The third-order valence-corrected chi connectivity index (χ3v) is 4.68. The largest absolute Gasteiger partial charge is 0.481 e. The fraction of sp³-hybridized carbons (Fsp3) is 0.250. The van der Waals surface area contributed by atoms with Crippen LogP contribution in [-0.2, 0) is 18.4 Å². The predicted octanol–water partition coefficient (Wildman–Crippen LogP) is 0.957. The van der Waals surface area contributed by atoms with Crippen LogP contribution in [0.25, 0.3) is 11.2 Å². The number of aromatic amines is 1. The second-order valence-corrected chi connectivity index (χ2v) is 6.58. The van der Waals surface area contributed by atoms with Crippen molar-refractivity contribution in [2.45, 2.75) is 18.6 Å². The van der Waals surface area contributed by atoms with Gasteiger partial charge in [0.2, 0.25) is 0 Å². The van der Waals surface area contributed by atoms with Crippen LogP contribution in [0.15, 0.2) is 39.0 Å². The summed E-state index contributed by atoms with van der Waals surface area (Å²) in [6, 6.07) is 7.77. The van der Waals surface area contributed by atoms with Gasteiger partial charge in [-0.25, -0.2) is 9.78 Å². The van der Waals surface area contributed by atoms with Gasteiger partial charge in [-0.15, -0.1) is 0 Å². The van der Waals surface area contributed by atoms with Crippen LogP contribution in [0.1, 0.15) is 11.1 Å². The lowest BCUT2D eigenvalue weighted by Crippen LogP contribution is -2.29. The topological polar surface area (TPSA) is 110 Å². The Morgan fingerprint density at radius 2 is 2.12 bits per heavy atom. The molecule has 2 aromatic heterocycles. The Kier molecular flexibility index (Phi) is 4.49. The summed E-state index contributed by atoms with van der Waals surface area (Å²) < 4.78 is 2.89. The van der Waals surface area contributed by atoms with Gasteiger partial charge >= 0.3 is 11.7 Å². The molecule has 9 heteroatoms. The van der Waals surface area contributed by atoms with E-state index >= 15 is 0 Å². The Hall–Kier alpha value is -2.81. The van der Waals surface area contributed by atoms with Crippen molar-refractivity contribution in [2.75, 3.05) is 5.75 Å². The van der Waals surface area contributed by atoms with Gasteiger partial charge in [0.05, 0.1) is 12.3 Å². The van der Waals surface area contributed by atoms with Crippen molar-refractivity contribution in [1.29, 1.82) is 0 Å². The van der Waals surface area contributed by atoms with Gasteiger partial charge in [-0.2, -0.15) is 0 Å². The van der Waals surface area contributed by atoms with Crippen LogP contribution in [0, 0.1) is 6.92 Å². The first-order chi connectivity index (χ1) is 11.9. The molecule has 1 aromatic carbocycles. The van der Waals surface area contributed by atoms with Crippen molar-refractivity contribution in [2.24, 2.45) is 7.05 Å². The van der Waals surface area contributed by atoms with Crippen molar-refractivity contribution in [1.82, 2.24) is 19.1 Å². The molecule has 2 N–H and O–H groups in total.